The number of hydrogen-bond acceptors (Lipinski definition) is 5. The van der Waals surface area contributed by atoms with Crippen molar-refractivity contribution >= 4 is 32.9 Å². The highest BCUT2D eigenvalue weighted by Crippen LogP contribution is 2.29. The number of hydrogen-bond donors (Lipinski definition) is 3. The summed E-state index contributed by atoms with van der Waals surface area (Å²) < 4.78 is 25.3. The summed E-state index contributed by atoms with van der Waals surface area (Å²) >= 11 is 1.52. The molecule has 1 heterocycles. The predicted octanol–water partition coefficient (Wildman–Crippen LogP) is 2.22. The third-order valence-electron chi connectivity index (χ3n) is 2.46. The number of anilines is 2. The maximum Gasteiger partial charge on any atom is 0.265 e. The Labute approximate surface area is 106 Å². The second-order valence-electron chi connectivity index (χ2n) is 3.92. The molecule has 2 aromatic rings. The van der Waals surface area contributed by atoms with Crippen LogP contribution in [0.1, 0.15) is 5.01 Å². The molecule has 4 N–H and O–H groups in total. The zero-order chi connectivity index (χ0) is 13.3. The van der Waals surface area contributed by atoms with Crippen molar-refractivity contribution in [1.29, 1.82) is 0 Å². The zero-order valence-electron chi connectivity index (χ0n) is 9.65. The summed E-state index contributed by atoms with van der Waals surface area (Å²) in [7, 11) is 0. The number of aromatic nitrogens is 1. The standard InChI is InChI=1S/C11H13F2N3OS/c1-5-16-8-3-7(6(14)2-10(8)18-5)15-4-9(17)11(12)13/h2-3,9,11,15,17H,4,14H2,1H3. The fourth-order valence-electron chi connectivity index (χ4n) is 1.56. The van der Waals surface area contributed by atoms with Crippen molar-refractivity contribution in [3.63, 3.8) is 0 Å². The first kappa shape index (κ1) is 13.0. The number of nitrogens with two attached hydrogens (primary N) is 1. The van der Waals surface area contributed by atoms with Crippen LogP contribution < -0.4 is 11.1 Å². The van der Waals surface area contributed by atoms with Crippen LogP contribution in [0.25, 0.3) is 10.2 Å². The number of aliphatic hydroxyl groups is 1. The minimum atomic E-state index is -2.77. The molecule has 4 nitrogen and oxygen atoms in total. The molecular formula is C11H13F2N3OS. The summed E-state index contributed by atoms with van der Waals surface area (Å²) in [6.07, 6.45) is -4.48. The van der Waals surface area contributed by atoms with Crippen molar-refractivity contribution in [2.75, 3.05) is 17.6 Å². The highest BCUT2D eigenvalue weighted by atomic mass is 32.1. The number of nitrogen functional groups attached to an aromatic ring is 1. The lowest BCUT2D eigenvalue weighted by atomic mass is 10.2. The molecule has 0 bridgehead atoms. The summed E-state index contributed by atoms with van der Waals surface area (Å²) in [5, 5.41) is 12.6. The van der Waals surface area contributed by atoms with E-state index in [4.69, 9.17) is 10.8 Å². The quantitative estimate of drug-likeness (QED) is 0.747. The molecule has 0 radical (unpaired) electrons. The van der Waals surface area contributed by atoms with Crippen LogP contribution in [0.4, 0.5) is 20.2 Å². The van der Waals surface area contributed by atoms with Crippen LogP contribution in [0.3, 0.4) is 0 Å². The lowest BCUT2D eigenvalue weighted by Crippen LogP contribution is -2.27. The number of alkyl halides is 2. The molecule has 0 saturated heterocycles. The van der Waals surface area contributed by atoms with E-state index in [1.54, 1.807) is 12.1 Å². The van der Waals surface area contributed by atoms with E-state index in [1.165, 1.54) is 11.3 Å². The van der Waals surface area contributed by atoms with Crippen molar-refractivity contribution in [2.45, 2.75) is 19.5 Å². The Hall–Kier alpha value is -1.47. The number of halogens is 2. The smallest absolute Gasteiger partial charge is 0.265 e. The number of aliphatic hydroxyl groups excluding tert-OH is 1. The van der Waals surface area contributed by atoms with Crippen LogP contribution in [0.15, 0.2) is 12.1 Å². The van der Waals surface area contributed by atoms with Crippen LogP contribution in [0.5, 0.6) is 0 Å². The molecule has 0 spiro atoms. The van der Waals surface area contributed by atoms with Gasteiger partial charge in [0.1, 0.15) is 6.10 Å². The van der Waals surface area contributed by atoms with Gasteiger partial charge in [0.05, 0.1) is 26.6 Å². The minimum absolute atomic E-state index is 0.253. The highest BCUT2D eigenvalue weighted by molar-refractivity contribution is 7.18. The molecule has 0 saturated carbocycles. The molecule has 0 aliphatic heterocycles. The number of benzene rings is 1. The van der Waals surface area contributed by atoms with Crippen molar-refractivity contribution in [2.24, 2.45) is 0 Å². The van der Waals surface area contributed by atoms with Gasteiger partial charge in [0.2, 0.25) is 0 Å². The van der Waals surface area contributed by atoms with E-state index >= 15 is 0 Å². The van der Waals surface area contributed by atoms with E-state index < -0.39 is 12.5 Å². The van der Waals surface area contributed by atoms with Crippen LogP contribution in [-0.4, -0.2) is 29.2 Å². The van der Waals surface area contributed by atoms with Crippen LogP contribution >= 0.6 is 11.3 Å². The monoisotopic (exact) mass is 273 g/mol. The van der Waals surface area contributed by atoms with Crippen LogP contribution in [0.2, 0.25) is 0 Å². The fraction of sp³-hybridized carbons (Fsp3) is 0.364. The minimum Gasteiger partial charge on any atom is -0.397 e. The molecule has 0 aliphatic carbocycles. The first-order valence-corrected chi connectivity index (χ1v) is 6.16. The number of aryl methyl sites for hydroxylation is 1. The maximum absolute atomic E-state index is 12.2. The SMILES string of the molecule is Cc1nc2cc(NCC(O)C(F)F)c(N)cc2s1. The van der Waals surface area contributed by atoms with Crippen molar-refractivity contribution in [3.05, 3.63) is 17.1 Å². The van der Waals surface area contributed by atoms with Crippen molar-refractivity contribution < 1.29 is 13.9 Å². The van der Waals surface area contributed by atoms with E-state index in [0.717, 1.165) is 15.2 Å². The summed E-state index contributed by atoms with van der Waals surface area (Å²) in [6, 6.07) is 3.45. The molecule has 1 atom stereocenters. The molecule has 2 rings (SSSR count). The maximum atomic E-state index is 12.2. The normalized spacial score (nSPS) is 13.2. The number of fused-ring (bicyclic) bond motifs is 1. The number of thiazole rings is 1. The van der Waals surface area contributed by atoms with Crippen molar-refractivity contribution in [1.82, 2.24) is 4.98 Å². The Morgan fingerprint density at radius 2 is 2.22 bits per heavy atom. The van der Waals surface area contributed by atoms with Gasteiger partial charge in [0.15, 0.2) is 0 Å². The molecule has 1 aromatic heterocycles. The van der Waals surface area contributed by atoms with Gasteiger partial charge in [0.25, 0.3) is 6.43 Å². The number of nitrogens with one attached hydrogen (secondary N) is 1. The second-order valence-corrected chi connectivity index (χ2v) is 5.16. The van der Waals surface area contributed by atoms with Gasteiger partial charge in [0, 0.05) is 6.54 Å². The molecule has 1 aromatic carbocycles. The van der Waals surface area contributed by atoms with Crippen molar-refractivity contribution in [3.8, 4) is 0 Å². The van der Waals surface area contributed by atoms with E-state index in [2.05, 4.69) is 10.3 Å². The fourth-order valence-corrected chi connectivity index (χ4v) is 2.42. The lowest BCUT2D eigenvalue weighted by Gasteiger charge is -2.13. The van der Waals surface area contributed by atoms with Gasteiger partial charge >= 0.3 is 0 Å². The number of rotatable bonds is 4. The topological polar surface area (TPSA) is 71.2 Å². The third-order valence-corrected chi connectivity index (χ3v) is 3.39. The van der Waals surface area contributed by atoms with Gasteiger partial charge in [-0.05, 0) is 19.1 Å². The molecular weight excluding hydrogens is 260 g/mol. The Morgan fingerprint density at radius 1 is 1.50 bits per heavy atom. The van der Waals surface area contributed by atoms with Gasteiger partial charge in [-0.3, -0.25) is 0 Å². The Kier molecular flexibility index (Phi) is 3.63. The largest absolute Gasteiger partial charge is 0.397 e. The molecule has 98 valence electrons. The average Bonchev–Trinajstić information content (AvgIpc) is 2.64. The van der Waals surface area contributed by atoms with E-state index in [1.807, 2.05) is 6.92 Å². The van der Waals surface area contributed by atoms with E-state index in [-0.39, 0.29) is 6.54 Å². The van der Waals surface area contributed by atoms with Gasteiger partial charge in [-0.1, -0.05) is 0 Å². The molecule has 18 heavy (non-hydrogen) atoms. The first-order chi connectivity index (χ1) is 8.47. The first-order valence-electron chi connectivity index (χ1n) is 5.34. The second kappa shape index (κ2) is 5.03. The summed E-state index contributed by atoms with van der Waals surface area (Å²) in [5.74, 6) is 0. The Bertz CT molecular complexity index is 558. The predicted molar refractivity (Wildman–Crippen MR) is 69.3 cm³/mol. The molecule has 0 amide bonds. The van der Waals surface area contributed by atoms with Crippen LogP contribution in [0, 0.1) is 6.92 Å². The summed E-state index contributed by atoms with van der Waals surface area (Å²) in [4.78, 5) is 4.29. The third kappa shape index (κ3) is 2.68. The number of nitrogens with zero attached hydrogens (tertiary/aromatic N) is 1. The molecule has 1 unspecified atom stereocenters. The molecule has 7 heteroatoms. The van der Waals surface area contributed by atoms with E-state index in [9.17, 15) is 8.78 Å². The van der Waals surface area contributed by atoms with Gasteiger partial charge in [-0.15, -0.1) is 11.3 Å². The van der Waals surface area contributed by atoms with Gasteiger partial charge in [-0.2, -0.15) is 0 Å². The summed E-state index contributed by atoms with van der Waals surface area (Å²) in [5.41, 5.74) is 7.53. The lowest BCUT2D eigenvalue weighted by molar-refractivity contribution is 0.00385. The Balaban J connectivity index is 2.20. The molecule has 0 aliphatic rings. The zero-order valence-corrected chi connectivity index (χ0v) is 10.5. The Morgan fingerprint density at radius 3 is 2.89 bits per heavy atom. The van der Waals surface area contributed by atoms with Gasteiger partial charge in [-0.25, -0.2) is 13.8 Å². The molecule has 0 fully saturated rings. The van der Waals surface area contributed by atoms with Gasteiger partial charge < -0.3 is 16.2 Å². The highest BCUT2D eigenvalue weighted by Gasteiger charge is 2.16. The average molecular weight is 273 g/mol. The van der Waals surface area contributed by atoms with E-state index in [0.29, 0.717) is 11.4 Å². The van der Waals surface area contributed by atoms with Crippen LogP contribution in [-0.2, 0) is 0 Å². The summed E-state index contributed by atoms with van der Waals surface area (Å²) in [6.45, 7) is 1.63.